The molecule has 0 spiro atoms. The summed E-state index contributed by atoms with van der Waals surface area (Å²) in [5.41, 5.74) is 0.340. The van der Waals surface area contributed by atoms with Crippen molar-refractivity contribution in [3.63, 3.8) is 0 Å². The highest BCUT2D eigenvalue weighted by molar-refractivity contribution is 5.82. The molecule has 116 valence electrons. The van der Waals surface area contributed by atoms with Crippen molar-refractivity contribution in [3.05, 3.63) is 29.8 Å². The SMILES string of the molecule is C[C@H](Oc1ccccc1C#N)C(=O)N1CCO[C@H](C(=O)O)C1. The number of carbonyl (C=O) groups excluding carboxylic acids is 1. The van der Waals surface area contributed by atoms with Gasteiger partial charge in [-0.1, -0.05) is 12.1 Å². The van der Waals surface area contributed by atoms with Crippen molar-refractivity contribution in [2.75, 3.05) is 19.7 Å². The van der Waals surface area contributed by atoms with Crippen LogP contribution in [0.3, 0.4) is 0 Å². The van der Waals surface area contributed by atoms with Crippen molar-refractivity contribution in [2.45, 2.75) is 19.1 Å². The van der Waals surface area contributed by atoms with Crippen molar-refractivity contribution in [3.8, 4) is 11.8 Å². The molecular weight excluding hydrogens is 288 g/mol. The van der Waals surface area contributed by atoms with Crippen LogP contribution in [0.2, 0.25) is 0 Å². The highest BCUT2D eigenvalue weighted by Crippen LogP contribution is 2.19. The van der Waals surface area contributed by atoms with E-state index >= 15 is 0 Å². The van der Waals surface area contributed by atoms with Gasteiger partial charge in [0.2, 0.25) is 0 Å². The van der Waals surface area contributed by atoms with Crippen molar-refractivity contribution >= 4 is 11.9 Å². The molecule has 0 saturated carbocycles. The molecule has 1 fully saturated rings. The van der Waals surface area contributed by atoms with E-state index in [2.05, 4.69) is 0 Å². The van der Waals surface area contributed by atoms with Crippen LogP contribution >= 0.6 is 0 Å². The van der Waals surface area contributed by atoms with Gasteiger partial charge in [-0.15, -0.1) is 0 Å². The largest absolute Gasteiger partial charge is 0.480 e. The molecular formula is C15H16N2O5. The molecule has 22 heavy (non-hydrogen) atoms. The van der Waals surface area contributed by atoms with E-state index in [1.165, 1.54) is 4.90 Å². The van der Waals surface area contributed by atoms with Gasteiger partial charge in [-0.2, -0.15) is 5.26 Å². The molecule has 1 aromatic carbocycles. The first-order valence-corrected chi connectivity index (χ1v) is 6.82. The number of carboxylic acid groups (broad SMARTS) is 1. The molecule has 1 saturated heterocycles. The maximum absolute atomic E-state index is 12.3. The van der Waals surface area contributed by atoms with E-state index in [1.807, 2.05) is 6.07 Å². The van der Waals surface area contributed by atoms with Crippen LogP contribution in [0.1, 0.15) is 12.5 Å². The predicted octanol–water partition coefficient (Wildman–Crippen LogP) is 0.638. The second kappa shape index (κ2) is 6.91. The van der Waals surface area contributed by atoms with E-state index < -0.39 is 18.2 Å². The van der Waals surface area contributed by atoms with E-state index in [4.69, 9.17) is 19.8 Å². The number of nitriles is 1. The second-order valence-electron chi connectivity index (χ2n) is 4.85. The monoisotopic (exact) mass is 304 g/mol. The van der Waals surface area contributed by atoms with Gasteiger partial charge in [-0.3, -0.25) is 4.79 Å². The molecule has 1 N–H and O–H groups in total. The summed E-state index contributed by atoms with van der Waals surface area (Å²) in [5.74, 6) is -1.10. The normalized spacial score (nSPS) is 19.1. The summed E-state index contributed by atoms with van der Waals surface area (Å²) in [6.07, 6.45) is -1.83. The Hall–Kier alpha value is -2.59. The summed E-state index contributed by atoms with van der Waals surface area (Å²) in [6.45, 7) is 2.05. The standard InChI is InChI=1S/C15H16N2O5/c1-10(22-12-5-3-2-4-11(12)8-16)14(18)17-6-7-21-13(9-17)15(19)20/h2-5,10,13H,6-7,9H2,1H3,(H,19,20)/t10-,13-/m0/s1. The Bertz CT molecular complexity index is 610. The topological polar surface area (TPSA) is 99.9 Å². The van der Waals surface area contributed by atoms with Crippen LogP contribution in [0.5, 0.6) is 5.75 Å². The highest BCUT2D eigenvalue weighted by atomic mass is 16.5. The molecule has 1 heterocycles. The third kappa shape index (κ3) is 3.54. The third-order valence-electron chi connectivity index (χ3n) is 3.31. The Morgan fingerprint density at radius 3 is 2.91 bits per heavy atom. The maximum atomic E-state index is 12.3. The zero-order chi connectivity index (χ0) is 16.1. The Balaban J connectivity index is 2.03. The average Bonchev–Trinajstić information content (AvgIpc) is 2.54. The minimum absolute atomic E-state index is 0.0121. The number of amides is 1. The third-order valence-corrected chi connectivity index (χ3v) is 3.31. The molecule has 2 rings (SSSR count). The molecule has 1 aliphatic rings. The van der Waals surface area contributed by atoms with Crippen LogP contribution in [0.4, 0.5) is 0 Å². The second-order valence-corrected chi connectivity index (χ2v) is 4.85. The predicted molar refractivity (Wildman–Crippen MR) is 75.2 cm³/mol. The van der Waals surface area contributed by atoms with Crippen LogP contribution in [0, 0.1) is 11.3 Å². The minimum atomic E-state index is -1.10. The fraction of sp³-hybridized carbons (Fsp3) is 0.400. The number of carboxylic acids is 1. The smallest absolute Gasteiger partial charge is 0.334 e. The summed E-state index contributed by atoms with van der Waals surface area (Å²) in [4.78, 5) is 24.7. The van der Waals surface area contributed by atoms with Gasteiger partial charge in [0.05, 0.1) is 18.7 Å². The van der Waals surface area contributed by atoms with Gasteiger partial charge >= 0.3 is 5.97 Å². The average molecular weight is 304 g/mol. The molecule has 1 aliphatic heterocycles. The molecule has 2 atom stereocenters. The fourth-order valence-corrected chi connectivity index (χ4v) is 2.16. The Morgan fingerprint density at radius 1 is 1.50 bits per heavy atom. The molecule has 0 aliphatic carbocycles. The Labute approximate surface area is 127 Å². The van der Waals surface area contributed by atoms with Crippen molar-refractivity contribution < 1.29 is 24.2 Å². The summed E-state index contributed by atoms with van der Waals surface area (Å²) >= 11 is 0. The van der Waals surface area contributed by atoms with Crippen LogP contribution in [0.15, 0.2) is 24.3 Å². The van der Waals surface area contributed by atoms with E-state index in [-0.39, 0.29) is 19.1 Å². The zero-order valence-electron chi connectivity index (χ0n) is 12.1. The van der Waals surface area contributed by atoms with Crippen molar-refractivity contribution in [2.24, 2.45) is 0 Å². The van der Waals surface area contributed by atoms with Crippen LogP contribution in [0.25, 0.3) is 0 Å². The first-order valence-electron chi connectivity index (χ1n) is 6.82. The molecule has 0 radical (unpaired) electrons. The number of ether oxygens (including phenoxy) is 2. The van der Waals surface area contributed by atoms with Gasteiger partial charge in [0.25, 0.3) is 5.91 Å². The Morgan fingerprint density at radius 2 is 2.23 bits per heavy atom. The quantitative estimate of drug-likeness (QED) is 0.876. The summed E-state index contributed by atoms with van der Waals surface area (Å²) in [7, 11) is 0. The van der Waals surface area contributed by atoms with Gasteiger partial charge in [0, 0.05) is 6.54 Å². The van der Waals surface area contributed by atoms with Gasteiger partial charge < -0.3 is 19.5 Å². The lowest BCUT2D eigenvalue weighted by Gasteiger charge is -2.32. The highest BCUT2D eigenvalue weighted by Gasteiger charge is 2.31. The summed E-state index contributed by atoms with van der Waals surface area (Å²) < 4.78 is 10.6. The first-order chi connectivity index (χ1) is 10.5. The van der Waals surface area contributed by atoms with Crippen molar-refractivity contribution in [1.82, 2.24) is 4.90 Å². The van der Waals surface area contributed by atoms with Crippen molar-refractivity contribution in [1.29, 1.82) is 5.26 Å². The van der Waals surface area contributed by atoms with E-state index in [1.54, 1.807) is 31.2 Å². The molecule has 0 aromatic heterocycles. The molecule has 1 aromatic rings. The lowest BCUT2D eigenvalue weighted by atomic mass is 10.2. The van der Waals surface area contributed by atoms with Crippen LogP contribution in [-0.2, 0) is 14.3 Å². The fourth-order valence-electron chi connectivity index (χ4n) is 2.16. The van der Waals surface area contributed by atoms with Gasteiger partial charge in [-0.25, -0.2) is 4.79 Å². The van der Waals surface area contributed by atoms with E-state index in [0.29, 0.717) is 17.9 Å². The number of benzene rings is 1. The zero-order valence-corrected chi connectivity index (χ0v) is 12.1. The van der Waals surface area contributed by atoms with Gasteiger partial charge in [0.15, 0.2) is 12.2 Å². The van der Waals surface area contributed by atoms with E-state index in [0.717, 1.165) is 0 Å². The molecule has 0 unspecified atom stereocenters. The first kappa shape index (κ1) is 15.8. The van der Waals surface area contributed by atoms with Crippen LogP contribution < -0.4 is 4.74 Å². The van der Waals surface area contributed by atoms with Gasteiger partial charge in [-0.05, 0) is 19.1 Å². The summed E-state index contributed by atoms with van der Waals surface area (Å²) in [6, 6.07) is 8.62. The molecule has 0 bridgehead atoms. The van der Waals surface area contributed by atoms with Crippen LogP contribution in [-0.4, -0.2) is 53.8 Å². The lowest BCUT2D eigenvalue weighted by molar-refractivity contribution is -0.161. The number of para-hydroxylation sites is 1. The summed E-state index contributed by atoms with van der Waals surface area (Å²) in [5, 5.41) is 18.0. The number of carbonyl (C=O) groups is 2. The number of nitrogens with zero attached hydrogens (tertiary/aromatic N) is 2. The minimum Gasteiger partial charge on any atom is -0.480 e. The molecule has 7 nitrogen and oxygen atoms in total. The number of morpholine rings is 1. The number of rotatable bonds is 4. The molecule has 1 amide bonds. The van der Waals surface area contributed by atoms with E-state index in [9.17, 15) is 9.59 Å². The Kier molecular flexibility index (Phi) is 4.96. The number of hydrogen-bond acceptors (Lipinski definition) is 5. The number of aliphatic carboxylic acids is 1. The van der Waals surface area contributed by atoms with Gasteiger partial charge in [0.1, 0.15) is 11.8 Å². The maximum Gasteiger partial charge on any atom is 0.334 e. The lowest BCUT2D eigenvalue weighted by Crippen LogP contribution is -2.51. The number of hydrogen-bond donors (Lipinski definition) is 1. The molecule has 7 heteroatoms.